The summed E-state index contributed by atoms with van der Waals surface area (Å²) in [6.07, 6.45) is 1.84. The highest BCUT2D eigenvalue weighted by atomic mass is 16.6. The van der Waals surface area contributed by atoms with E-state index in [2.05, 4.69) is 6.92 Å². The number of carbonyl (C=O) groups is 5. The number of ketones is 1. The summed E-state index contributed by atoms with van der Waals surface area (Å²) < 4.78 is 27.8. The van der Waals surface area contributed by atoms with Gasteiger partial charge in [0.15, 0.2) is 0 Å². The lowest BCUT2D eigenvalue weighted by Crippen LogP contribution is -2.69. The predicted octanol–water partition coefficient (Wildman–Crippen LogP) is 4.27. The molecule has 0 aromatic carbocycles. The highest BCUT2D eigenvalue weighted by Crippen LogP contribution is 2.68. The molecular formula is C31H38O10. The van der Waals surface area contributed by atoms with E-state index in [4.69, 9.17) is 23.4 Å². The van der Waals surface area contributed by atoms with Crippen LogP contribution in [0, 0.1) is 34.0 Å². The second-order valence-electron chi connectivity index (χ2n) is 13.0. The number of hydrogen-bond donors (Lipinski definition) is 0. The topological polar surface area (TPSA) is 135 Å². The summed E-state index contributed by atoms with van der Waals surface area (Å²) in [5.41, 5.74) is -0.0634. The monoisotopic (exact) mass is 570 g/mol. The second kappa shape index (κ2) is 9.84. The first-order valence-electron chi connectivity index (χ1n) is 14.1. The molecule has 1 saturated heterocycles. The van der Waals surface area contributed by atoms with Crippen LogP contribution in [0.4, 0.5) is 0 Å². The smallest absolute Gasteiger partial charge is 0.347 e. The minimum Gasteiger partial charge on any atom is -0.472 e. The van der Waals surface area contributed by atoms with Gasteiger partial charge < -0.3 is 23.4 Å². The number of Topliss-reactive ketones (excluding diaryl/α,β-unsaturated/α-hetero) is 1. The Hall–Kier alpha value is -3.43. The van der Waals surface area contributed by atoms with Crippen molar-refractivity contribution in [2.45, 2.75) is 85.5 Å². The molecule has 3 aliphatic carbocycles. The van der Waals surface area contributed by atoms with Crippen molar-refractivity contribution < 1.29 is 47.3 Å². The van der Waals surface area contributed by atoms with Crippen molar-refractivity contribution in [3.8, 4) is 0 Å². The highest BCUT2D eigenvalue weighted by Gasteiger charge is 2.71. The molecule has 2 heterocycles. The largest absolute Gasteiger partial charge is 0.472 e. The van der Waals surface area contributed by atoms with Gasteiger partial charge in [0.25, 0.3) is 0 Å². The Kier molecular flexibility index (Phi) is 6.98. The molecule has 0 radical (unpaired) electrons. The summed E-state index contributed by atoms with van der Waals surface area (Å²) in [5, 5.41) is 0. The van der Waals surface area contributed by atoms with Gasteiger partial charge in [-0.1, -0.05) is 33.3 Å². The van der Waals surface area contributed by atoms with Gasteiger partial charge in [-0.15, -0.1) is 0 Å². The number of furan rings is 1. The van der Waals surface area contributed by atoms with E-state index < -0.39 is 64.3 Å². The summed E-state index contributed by atoms with van der Waals surface area (Å²) >= 11 is 0. The number of fused-ring (bicyclic) bond motifs is 5. The van der Waals surface area contributed by atoms with Gasteiger partial charge in [-0.3, -0.25) is 19.2 Å². The number of cyclic esters (lactones) is 1. The molecule has 8 atom stereocenters. The minimum atomic E-state index is -1.41. The number of methoxy groups -OCH3 is 1. The van der Waals surface area contributed by atoms with Crippen LogP contribution in [-0.4, -0.2) is 49.0 Å². The van der Waals surface area contributed by atoms with Gasteiger partial charge in [0.05, 0.1) is 32.0 Å². The average molecular weight is 571 g/mol. The number of ether oxygens (including phenoxy) is 4. The summed E-state index contributed by atoms with van der Waals surface area (Å²) in [6, 6.07) is 1.79. The first kappa shape index (κ1) is 29.1. The second-order valence-corrected chi connectivity index (χ2v) is 13.0. The van der Waals surface area contributed by atoms with Crippen molar-refractivity contribution in [2.24, 2.45) is 34.0 Å². The molecule has 0 spiro atoms. The molecule has 1 aromatic rings. The zero-order valence-corrected chi connectivity index (χ0v) is 24.6. The number of carbonyl (C=O) groups excluding carboxylic acids is 5. The third-order valence-corrected chi connectivity index (χ3v) is 10.3. The molecule has 2 bridgehead atoms. The number of rotatable bonds is 5. The summed E-state index contributed by atoms with van der Waals surface area (Å²) in [7, 11) is 1.20. The van der Waals surface area contributed by atoms with Gasteiger partial charge in [0.2, 0.25) is 6.10 Å². The molecule has 1 aliphatic heterocycles. The first-order valence-corrected chi connectivity index (χ1v) is 14.1. The molecule has 0 amide bonds. The van der Waals surface area contributed by atoms with Crippen LogP contribution < -0.4 is 0 Å². The molecule has 2 saturated carbocycles. The predicted molar refractivity (Wildman–Crippen MR) is 142 cm³/mol. The van der Waals surface area contributed by atoms with Gasteiger partial charge in [-0.2, -0.15) is 0 Å². The van der Waals surface area contributed by atoms with Crippen LogP contribution >= 0.6 is 0 Å². The lowest BCUT2D eigenvalue weighted by atomic mass is 9.40. The Labute approximate surface area is 239 Å². The Morgan fingerprint density at radius 1 is 1.07 bits per heavy atom. The SMILES string of the molecule is COC(=O)C(OC(C)=O)C1C(C)(C)C(OC(C)=O)C2CC3=C4CC(=O)OC(c5ccoc5)C4(C)CCC3C1(C)C2=O. The van der Waals surface area contributed by atoms with Crippen molar-refractivity contribution in [1.29, 1.82) is 0 Å². The molecule has 0 N–H and O–H groups in total. The van der Waals surface area contributed by atoms with E-state index in [0.29, 0.717) is 19.3 Å². The fourth-order valence-electron chi connectivity index (χ4n) is 8.83. The Balaban J connectivity index is 1.74. The Morgan fingerprint density at radius 2 is 1.78 bits per heavy atom. The maximum absolute atomic E-state index is 14.5. The molecule has 3 fully saturated rings. The quantitative estimate of drug-likeness (QED) is 0.287. The molecule has 1 aromatic heterocycles. The fourth-order valence-corrected chi connectivity index (χ4v) is 8.83. The molecule has 4 aliphatic rings. The van der Waals surface area contributed by atoms with Gasteiger partial charge in [0, 0.05) is 41.6 Å². The van der Waals surface area contributed by atoms with Crippen LogP contribution in [0.15, 0.2) is 34.2 Å². The molecule has 41 heavy (non-hydrogen) atoms. The van der Waals surface area contributed by atoms with Crippen molar-refractivity contribution in [3.05, 3.63) is 35.3 Å². The molecule has 8 unspecified atom stereocenters. The fraction of sp³-hybridized carbons (Fsp3) is 0.645. The van der Waals surface area contributed by atoms with Crippen molar-refractivity contribution in [1.82, 2.24) is 0 Å². The van der Waals surface area contributed by atoms with Crippen molar-refractivity contribution in [3.63, 3.8) is 0 Å². The summed E-state index contributed by atoms with van der Waals surface area (Å²) in [4.78, 5) is 65.4. The molecule has 5 rings (SSSR count). The van der Waals surface area contributed by atoms with E-state index in [-0.39, 0.29) is 24.1 Å². The normalized spacial score (nSPS) is 36.3. The summed E-state index contributed by atoms with van der Waals surface area (Å²) in [5.74, 6) is -4.48. The highest BCUT2D eigenvalue weighted by molar-refractivity contribution is 5.93. The molecule has 222 valence electrons. The van der Waals surface area contributed by atoms with Crippen molar-refractivity contribution >= 4 is 29.7 Å². The number of hydrogen-bond acceptors (Lipinski definition) is 10. The van der Waals surface area contributed by atoms with E-state index >= 15 is 0 Å². The third kappa shape index (κ3) is 4.24. The van der Waals surface area contributed by atoms with Crippen molar-refractivity contribution in [2.75, 3.05) is 7.11 Å². The van der Waals surface area contributed by atoms with E-state index in [1.54, 1.807) is 18.6 Å². The van der Waals surface area contributed by atoms with E-state index in [0.717, 1.165) is 16.7 Å². The van der Waals surface area contributed by atoms with Gasteiger partial charge in [0.1, 0.15) is 18.0 Å². The van der Waals surface area contributed by atoms with E-state index in [9.17, 15) is 24.0 Å². The van der Waals surface area contributed by atoms with Gasteiger partial charge in [-0.25, -0.2) is 4.79 Å². The molecule has 10 nitrogen and oxygen atoms in total. The average Bonchev–Trinajstić information content (AvgIpc) is 3.42. The van der Waals surface area contributed by atoms with Crippen LogP contribution in [-0.2, 0) is 42.9 Å². The van der Waals surface area contributed by atoms with E-state index in [1.807, 2.05) is 20.8 Å². The molecule has 10 heteroatoms. The Morgan fingerprint density at radius 3 is 2.37 bits per heavy atom. The third-order valence-electron chi connectivity index (χ3n) is 10.3. The lowest BCUT2D eigenvalue weighted by molar-refractivity contribution is -0.217. The maximum atomic E-state index is 14.5. The molecular weight excluding hydrogens is 532 g/mol. The Bertz CT molecular complexity index is 1320. The lowest BCUT2D eigenvalue weighted by Gasteiger charge is -2.64. The first-order chi connectivity index (χ1) is 19.2. The summed E-state index contributed by atoms with van der Waals surface area (Å²) in [6.45, 7) is 10.1. The van der Waals surface area contributed by atoms with Crippen LogP contribution in [0.25, 0.3) is 0 Å². The van der Waals surface area contributed by atoms with Crippen LogP contribution in [0.2, 0.25) is 0 Å². The standard InChI is InChI=1S/C31H38O10/c1-15(32)39-23(28(36)37-7)24-29(3,4)27(40-16(2)33)19-12-18-20(31(24,6)25(19)35)8-10-30(5)21(18)13-22(34)41-26(30)17-9-11-38-14-17/h9,11,14,19-20,23-24,26-27H,8,10,12-13H2,1-7H3. The zero-order chi connectivity index (χ0) is 30.1. The van der Waals surface area contributed by atoms with Crippen LogP contribution in [0.3, 0.4) is 0 Å². The number of esters is 4. The minimum absolute atomic E-state index is 0.0738. The van der Waals surface area contributed by atoms with Crippen LogP contribution in [0.5, 0.6) is 0 Å². The van der Waals surface area contributed by atoms with Crippen LogP contribution in [0.1, 0.15) is 78.9 Å². The van der Waals surface area contributed by atoms with Gasteiger partial charge in [-0.05, 0) is 36.8 Å². The van der Waals surface area contributed by atoms with Gasteiger partial charge >= 0.3 is 23.9 Å². The zero-order valence-electron chi connectivity index (χ0n) is 24.6. The van der Waals surface area contributed by atoms with E-state index in [1.165, 1.54) is 21.0 Å². The maximum Gasteiger partial charge on any atom is 0.347 e. The number of allylic oxidation sites excluding steroid dienone is 1.